The quantitative estimate of drug-likeness (QED) is 0.312. The summed E-state index contributed by atoms with van der Waals surface area (Å²) in [6.45, 7) is 3.78. The molecule has 4 aromatic carbocycles. The second-order valence-electron chi connectivity index (χ2n) is 7.98. The summed E-state index contributed by atoms with van der Waals surface area (Å²) in [5.41, 5.74) is 1.45. The zero-order valence-corrected chi connectivity index (χ0v) is 18.3. The van der Waals surface area contributed by atoms with E-state index in [1.807, 2.05) is 135 Å². The van der Waals surface area contributed by atoms with Gasteiger partial charge in [-0.2, -0.15) is 0 Å². The molecule has 0 amide bonds. The lowest BCUT2D eigenvalue weighted by Crippen LogP contribution is -2.36. The largest absolute Gasteiger partial charge is 0.510 e. The number of rotatable bonds is 6. The van der Waals surface area contributed by atoms with E-state index in [1.165, 1.54) is 0 Å². The van der Waals surface area contributed by atoms with Crippen LogP contribution in [0, 0.1) is 0 Å². The molecule has 0 bridgehead atoms. The highest BCUT2D eigenvalue weighted by Crippen LogP contribution is 2.37. The van der Waals surface area contributed by atoms with Crippen LogP contribution in [0.15, 0.2) is 121 Å². The molecule has 32 heavy (non-hydrogen) atoms. The van der Waals surface area contributed by atoms with E-state index in [0.29, 0.717) is 0 Å². The van der Waals surface area contributed by atoms with E-state index >= 15 is 0 Å². The van der Waals surface area contributed by atoms with Gasteiger partial charge in [0, 0.05) is 0 Å². The molecular formula is C29H26O3. The fourth-order valence-electron chi connectivity index (χ4n) is 3.95. The molecule has 0 aliphatic rings. The number of hydrogen-bond acceptors (Lipinski definition) is 3. The van der Waals surface area contributed by atoms with Crippen molar-refractivity contribution in [1.29, 1.82) is 0 Å². The van der Waals surface area contributed by atoms with Crippen LogP contribution in [0.3, 0.4) is 0 Å². The van der Waals surface area contributed by atoms with E-state index in [2.05, 4.69) is 0 Å². The Hall–Kier alpha value is -3.85. The molecule has 3 heteroatoms. The van der Waals surface area contributed by atoms with Gasteiger partial charge in [-0.15, -0.1) is 0 Å². The third-order valence-corrected chi connectivity index (χ3v) is 5.87. The average molecular weight is 423 g/mol. The summed E-state index contributed by atoms with van der Waals surface area (Å²) in [5, 5.41) is 0. The third-order valence-electron chi connectivity index (χ3n) is 5.87. The molecule has 0 unspecified atom stereocenters. The summed E-state index contributed by atoms with van der Waals surface area (Å²) in [5.74, 6) is 0. The molecule has 3 nitrogen and oxygen atoms in total. The van der Waals surface area contributed by atoms with Crippen LogP contribution in [0.2, 0.25) is 0 Å². The van der Waals surface area contributed by atoms with E-state index < -0.39 is 17.4 Å². The van der Waals surface area contributed by atoms with E-state index in [1.54, 1.807) is 0 Å². The summed E-state index contributed by atoms with van der Waals surface area (Å²) in [6.07, 6.45) is -0.740. The molecule has 0 atom stereocenters. The maximum absolute atomic E-state index is 13.3. The van der Waals surface area contributed by atoms with E-state index in [4.69, 9.17) is 9.47 Å². The van der Waals surface area contributed by atoms with Gasteiger partial charge in [-0.3, -0.25) is 0 Å². The van der Waals surface area contributed by atoms with Crippen LogP contribution < -0.4 is 0 Å². The molecule has 0 aliphatic carbocycles. The molecule has 160 valence electrons. The standard InChI is InChI=1S/C29H26O3/c1-28(23-15-7-3-8-16-23,24-17-9-4-10-18-24)31-27(30)32-29(2,25-19-11-5-12-20-25)26-21-13-6-14-22-26/h3-22H,1-2H3. The van der Waals surface area contributed by atoms with Gasteiger partial charge in [0.15, 0.2) is 11.2 Å². The normalized spacial score (nSPS) is 11.6. The minimum Gasteiger partial charge on any atom is -0.418 e. The lowest BCUT2D eigenvalue weighted by atomic mass is 9.87. The molecule has 0 saturated carbocycles. The van der Waals surface area contributed by atoms with Gasteiger partial charge in [0.2, 0.25) is 0 Å². The predicted octanol–water partition coefficient (Wildman–Crippen LogP) is 7.07. The molecule has 0 spiro atoms. The Morgan fingerprint density at radius 1 is 0.469 bits per heavy atom. The second-order valence-corrected chi connectivity index (χ2v) is 7.98. The minimum atomic E-state index is -1.01. The lowest BCUT2D eigenvalue weighted by molar-refractivity contribution is -0.0490. The molecule has 0 heterocycles. The van der Waals surface area contributed by atoms with E-state index in [9.17, 15) is 4.79 Å². The highest BCUT2D eigenvalue weighted by molar-refractivity contribution is 5.64. The van der Waals surface area contributed by atoms with Crippen molar-refractivity contribution in [2.75, 3.05) is 0 Å². The van der Waals surface area contributed by atoms with E-state index in [-0.39, 0.29) is 0 Å². The van der Waals surface area contributed by atoms with Crippen molar-refractivity contribution in [3.05, 3.63) is 144 Å². The monoisotopic (exact) mass is 422 g/mol. The fraction of sp³-hybridized carbons (Fsp3) is 0.138. The third kappa shape index (κ3) is 4.28. The van der Waals surface area contributed by atoms with Gasteiger partial charge in [0.1, 0.15) is 0 Å². The summed E-state index contributed by atoms with van der Waals surface area (Å²) < 4.78 is 12.2. The highest BCUT2D eigenvalue weighted by Gasteiger charge is 2.39. The predicted molar refractivity (Wildman–Crippen MR) is 126 cm³/mol. The van der Waals surface area contributed by atoms with Crippen LogP contribution in [-0.2, 0) is 20.7 Å². The van der Waals surface area contributed by atoms with Gasteiger partial charge in [0.05, 0.1) is 0 Å². The Morgan fingerprint density at radius 3 is 0.906 bits per heavy atom. The van der Waals surface area contributed by atoms with Crippen molar-refractivity contribution in [2.24, 2.45) is 0 Å². The van der Waals surface area contributed by atoms with Crippen molar-refractivity contribution in [3.8, 4) is 0 Å². The Labute approximate surface area is 189 Å². The maximum Gasteiger partial charge on any atom is 0.510 e. The molecule has 4 rings (SSSR count). The Balaban J connectivity index is 1.70. The van der Waals surface area contributed by atoms with Gasteiger partial charge in [-0.05, 0) is 36.1 Å². The van der Waals surface area contributed by atoms with Crippen molar-refractivity contribution < 1.29 is 14.3 Å². The summed E-state index contributed by atoms with van der Waals surface area (Å²) >= 11 is 0. The Bertz CT molecular complexity index is 968. The van der Waals surface area contributed by atoms with E-state index in [0.717, 1.165) is 22.3 Å². The fourth-order valence-corrected chi connectivity index (χ4v) is 3.95. The lowest BCUT2D eigenvalue weighted by Gasteiger charge is -2.34. The SMILES string of the molecule is CC(OC(=O)OC(C)(c1ccccc1)c1ccccc1)(c1ccccc1)c1ccccc1. The molecule has 0 N–H and O–H groups in total. The van der Waals surface area contributed by atoms with Crippen LogP contribution >= 0.6 is 0 Å². The molecule has 0 aliphatic heterocycles. The highest BCUT2D eigenvalue weighted by atomic mass is 16.7. The zero-order chi connectivity index (χ0) is 22.4. The number of carbonyl (C=O) groups excluding carboxylic acids is 1. The minimum absolute atomic E-state index is 0.740. The van der Waals surface area contributed by atoms with Gasteiger partial charge in [0.25, 0.3) is 0 Å². The Kier molecular flexibility index (Phi) is 6.09. The van der Waals surface area contributed by atoms with Crippen LogP contribution in [-0.4, -0.2) is 6.16 Å². The first-order valence-corrected chi connectivity index (χ1v) is 10.7. The van der Waals surface area contributed by atoms with Crippen molar-refractivity contribution >= 4 is 6.16 Å². The maximum atomic E-state index is 13.3. The van der Waals surface area contributed by atoms with Crippen LogP contribution in [0.25, 0.3) is 0 Å². The molecule has 0 fully saturated rings. The first kappa shape index (κ1) is 21.4. The summed E-state index contributed by atoms with van der Waals surface area (Å²) in [6, 6.07) is 38.8. The second kappa shape index (κ2) is 9.11. The average Bonchev–Trinajstić information content (AvgIpc) is 2.86. The smallest absolute Gasteiger partial charge is 0.418 e. The van der Waals surface area contributed by atoms with Gasteiger partial charge >= 0.3 is 6.16 Å². The first-order chi connectivity index (χ1) is 15.5. The van der Waals surface area contributed by atoms with Crippen LogP contribution in [0.5, 0.6) is 0 Å². The molecular weight excluding hydrogens is 396 g/mol. The van der Waals surface area contributed by atoms with Gasteiger partial charge in [-0.25, -0.2) is 4.79 Å². The molecule has 0 saturated heterocycles. The number of benzene rings is 4. The van der Waals surface area contributed by atoms with Crippen molar-refractivity contribution in [3.63, 3.8) is 0 Å². The van der Waals surface area contributed by atoms with Crippen LogP contribution in [0.1, 0.15) is 36.1 Å². The molecule has 0 radical (unpaired) electrons. The van der Waals surface area contributed by atoms with Crippen LogP contribution in [0.4, 0.5) is 4.79 Å². The topological polar surface area (TPSA) is 35.5 Å². The zero-order valence-electron chi connectivity index (χ0n) is 18.3. The number of hydrogen-bond donors (Lipinski definition) is 0. The molecule has 0 aromatic heterocycles. The van der Waals surface area contributed by atoms with Gasteiger partial charge < -0.3 is 9.47 Å². The summed E-state index contributed by atoms with van der Waals surface area (Å²) in [7, 11) is 0. The summed E-state index contributed by atoms with van der Waals surface area (Å²) in [4.78, 5) is 13.3. The first-order valence-electron chi connectivity index (χ1n) is 10.7. The molecule has 4 aromatic rings. The number of carbonyl (C=O) groups is 1. The van der Waals surface area contributed by atoms with Crippen molar-refractivity contribution in [1.82, 2.24) is 0 Å². The van der Waals surface area contributed by atoms with Gasteiger partial charge in [-0.1, -0.05) is 121 Å². The number of ether oxygens (including phenoxy) is 2. The Morgan fingerprint density at radius 2 is 0.688 bits per heavy atom. The van der Waals surface area contributed by atoms with Crippen molar-refractivity contribution in [2.45, 2.75) is 25.0 Å².